The van der Waals surface area contributed by atoms with Gasteiger partial charge in [0.1, 0.15) is 11.1 Å². The average Bonchev–Trinajstić information content (AvgIpc) is 3.34. The Morgan fingerprint density at radius 3 is 2.68 bits per heavy atom. The number of benzene rings is 1. The number of alkyl carbamates (subject to hydrolysis) is 1. The summed E-state index contributed by atoms with van der Waals surface area (Å²) in [5, 5.41) is 3.27. The molecule has 1 amide bonds. The molecule has 0 radical (unpaired) electrons. The third-order valence-electron chi connectivity index (χ3n) is 6.95. The Balaban J connectivity index is 1.59. The number of ether oxygens (including phenoxy) is 2. The van der Waals surface area contributed by atoms with Crippen LogP contribution >= 0.6 is 11.8 Å². The van der Waals surface area contributed by atoms with Crippen LogP contribution in [0.2, 0.25) is 0 Å². The van der Waals surface area contributed by atoms with Gasteiger partial charge in [0, 0.05) is 53.5 Å². The van der Waals surface area contributed by atoms with E-state index in [2.05, 4.69) is 27.1 Å². The lowest BCUT2D eigenvalue weighted by molar-refractivity contribution is 0.0533. The molecule has 0 atom stereocenters. The second-order valence-electron chi connectivity index (χ2n) is 11.2. The van der Waals surface area contributed by atoms with Crippen molar-refractivity contribution in [1.82, 2.24) is 19.9 Å². The molecule has 44 heavy (non-hydrogen) atoms. The van der Waals surface area contributed by atoms with Gasteiger partial charge in [-0.3, -0.25) is 4.79 Å². The Kier molecular flexibility index (Phi) is 8.43. The van der Waals surface area contributed by atoms with Crippen molar-refractivity contribution in [2.24, 2.45) is 7.05 Å². The van der Waals surface area contributed by atoms with E-state index in [0.29, 0.717) is 28.1 Å². The van der Waals surface area contributed by atoms with Gasteiger partial charge in [0.15, 0.2) is 11.6 Å². The fourth-order valence-electron chi connectivity index (χ4n) is 5.13. The number of carbonyl (C=O) groups excluding carboxylic acids is 2. The van der Waals surface area contributed by atoms with E-state index in [9.17, 15) is 14.4 Å². The number of rotatable bonds is 5. The third-order valence-corrected chi connectivity index (χ3v) is 7.55. The van der Waals surface area contributed by atoms with E-state index in [1.165, 1.54) is 23.9 Å². The second-order valence-corrected chi connectivity index (χ2v) is 12.1. The first-order valence-corrected chi connectivity index (χ1v) is 15.1. The number of thioether (sulfide) groups is 1. The zero-order chi connectivity index (χ0) is 31.8. The number of amides is 1. The van der Waals surface area contributed by atoms with E-state index in [4.69, 9.17) is 9.47 Å². The highest BCUT2D eigenvalue weighted by atomic mass is 32.2. The molecule has 4 heterocycles. The smallest absolute Gasteiger partial charge is 0.408 e. The molecule has 0 aliphatic carbocycles. The van der Waals surface area contributed by atoms with Gasteiger partial charge in [-0.2, -0.15) is 11.8 Å². The first kappa shape index (κ1) is 30.7. The molecule has 0 saturated carbocycles. The summed E-state index contributed by atoms with van der Waals surface area (Å²) in [7, 11) is 3.00. The molecule has 0 fully saturated rings. The van der Waals surface area contributed by atoms with Crippen molar-refractivity contribution in [2.75, 3.05) is 24.8 Å². The molecule has 10 nitrogen and oxygen atoms in total. The van der Waals surface area contributed by atoms with Crippen LogP contribution < -0.4 is 15.8 Å². The van der Waals surface area contributed by atoms with Crippen molar-refractivity contribution in [3.05, 3.63) is 75.2 Å². The maximum Gasteiger partial charge on any atom is 0.408 e. The zero-order valence-corrected chi connectivity index (χ0v) is 26.1. The first-order chi connectivity index (χ1) is 20.9. The molecule has 0 bridgehead atoms. The maximum atomic E-state index is 15.9. The summed E-state index contributed by atoms with van der Waals surface area (Å²) in [5.41, 5.74) is 3.85. The topological polar surface area (TPSA) is 119 Å². The number of anilines is 2. The Hall–Kier alpha value is -4.76. The van der Waals surface area contributed by atoms with Crippen molar-refractivity contribution in [3.63, 3.8) is 0 Å². The minimum absolute atomic E-state index is 0.00729. The number of aryl methyl sites for hydroxylation is 1. The van der Waals surface area contributed by atoms with Crippen molar-refractivity contribution < 1.29 is 23.5 Å². The quantitative estimate of drug-likeness (QED) is 0.231. The molecular weight excluding hydrogens is 585 g/mol. The van der Waals surface area contributed by atoms with Gasteiger partial charge in [0.25, 0.3) is 5.56 Å². The lowest BCUT2D eigenvalue weighted by atomic mass is 9.96. The van der Waals surface area contributed by atoms with E-state index >= 15 is 4.39 Å². The van der Waals surface area contributed by atoms with Gasteiger partial charge < -0.3 is 29.2 Å². The molecule has 0 unspecified atom stereocenters. The molecule has 228 valence electrons. The lowest BCUT2D eigenvalue weighted by Crippen LogP contribution is -2.32. The maximum absolute atomic E-state index is 15.9. The molecule has 1 aliphatic rings. The van der Waals surface area contributed by atoms with Crippen LogP contribution in [-0.4, -0.2) is 52.1 Å². The number of pyridine rings is 2. The van der Waals surface area contributed by atoms with Gasteiger partial charge in [-0.1, -0.05) is 11.8 Å². The van der Waals surface area contributed by atoms with Gasteiger partial charge in [-0.05, 0) is 56.4 Å². The number of halogens is 1. The summed E-state index contributed by atoms with van der Waals surface area (Å²) < 4.78 is 27.6. The summed E-state index contributed by atoms with van der Waals surface area (Å²) >= 11 is 1.55. The Labute approximate surface area is 257 Å². The number of hydrogen-bond donors (Lipinski definition) is 2. The molecule has 0 saturated heterocycles. The molecule has 5 rings (SSSR count). The van der Waals surface area contributed by atoms with Crippen molar-refractivity contribution in [2.45, 2.75) is 38.7 Å². The summed E-state index contributed by atoms with van der Waals surface area (Å²) in [5.74, 6) is 5.00. The van der Waals surface area contributed by atoms with Gasteiger partial charge in [0.05, 0.1) is 31.5 Å². The zero-order valence-electron chi connectivity index (χ0n) is 25.3. The predicted octanol–water partition coefficient (Wildman–Crippen LogP) is 5.25. The van der Waals surface area contributed by atoms with Crippen molar-refractivity contribution in [1.29, 1.82) is 0 Å². The highest BCUT2D eigenvalue weighted by Crippen LogP contribution is 2.45. The van der Waals surface area contributed by atoms with Gasteiger partial charge in [0.2, 0.25) is 0 Å². The number of hydrogen-bond acceptors (Lipinski definition) is 8. The van der Waals surface area contributed by atoms with Crippen molar-refractivity contribution >= 4 is 46.2 Å². The number of nitrogens with zero attached hydrogens (tertiary/aromatic N) is 3. The largest absolute Gasteiger partial charge is 0.465 e. The molecule has 2 N–H and O–H groups in total. The van der Waals surface area contributed by atoms with E-state index in [0.717, 1.165) is 27.6 Å². The molecule has 3 aromatic heterocycles. The number of methoxy groups -OCH3 is 1. The Bertz CT molecular complexity index is 1910. The summed E-state index contributed by atoms with van der Waals surface area (Å²) in [6.45, 7) is 5.45. The minimum atomic E-state index is -0.636. The van der Waals surface area contributed by atoms with Gasteiger partial charge in [-0.25, -0.2) is 19.0 Å². The first-order valence-electron chi connectivity index (χ1n) is 13.7. The van der Waals surface area contributed by atoms with E-state index in [1.807, 2.05) is 12.3 Å². The molecule has 0 spiro atoms. The minimum Gasteiger partial charge on any atom is -0.465 e. The van der Waals surface area contributed by atoms with Gasteiger partial charge >= 0.3 is 12.1 Å². The molecule has 1 aliphatic heterocycles. The predicted molar refractivity (Wildman–Crippen MR) is 169 cm³/mol. The highest BCUT2D eigenvalue weighted by Gasteiger charge is 2.30. The third kappa shape index (κ3) is 6.01. The van der Waals surface area contributed by atoms with Crippen LogP contribution in [0.1, 0.15) is 47.8 Å². The second kappa shape index (κ2) is 12.1. The summed E-state index contributed by atoms with van der Waals surface area (Å²) in [4.78, 5) is 47.0. The normalized spacial score (nSPS) is 12.2. The van der Waals surface area contributed by atoms with Crippen LogP contribution in [-0.2, 0) is 28.8 Å². The van der Waals surface area contributed by atoms with E-state index in [-0.39, 0.29) is 24.5 Å². The van der Waals surface area contributed by atoms with Crippen LogP contribution in [0.5, 0.6) is 0 Å². The SMILES string of the molecule is COC(=O)c1cc2c(cc1CSC)-c1cn(C)c(=O)c3[nH]cc(c13)CN2c1ncc(C#CCNC(=O)OC(C)(C)C)cc1F. The Morgan fingerprint density at radius 1 is 1.23 bits per heavy atom. The monoisotopic (exact) mass is 617 g/mol. The highest BCUT2D eigenvalue weighted by molar-refractivity contribution is 7.97. The van der Waals surface area contributed by atoms with Crippen LogP contribution in [0, 0.1) is 17.7 Å². The van der Waals surface area contributed by atoms with Crippen LogP contribution in [0.3, 0.4) is 0 Å². The number of nitrogens with one attached hydrogen (secondary N) is 2. The van der Waals surface area contributed by atoms with Crippen LogP contribution in [0.4, 0.5) is 20.7 Å². The summed E-state index contributed by atoms with van der Waals surface area (Å²) in [6.07, 6.45) is 6.29. The standard InChI is InChI=1S/C32H32FN5O5S/c1-32(2,3)43-31(41)34-9-7-8-18-10-24(33)28(36-13-18)38-15-20-14-35-27-26(20)23(16-37(4)29(27)39)22-11-19(17-44-6)21(12-25(22)38)30(40)42-5/h10-14,16,35H,9,15,17H2,1-6H3,(H,34,41). The average molecular weight is 618 g/mol. The molecular formula is C32H32FN5O5S. The van der Waals surface area contributed by atoms with Gasteiger partial charge in [-0.15, -0.1) is 0 Å². The van der Waals surface area contributed by atoms with Crippen LogP contribution in [0.15, 0.2) is 41.6 Å². The fourth-order valence-corrected chi connectivity index (χ4v) is 5.68. The summed E-state index contributed by atoms with van der Waals surface area (Å²) in [6, 6.07) is 4.88. The Morgan fingerprint density at radius 2 is 2.00 bits per heavy atom. The number of aromatic amines is 1. The lowest BCUT2D eigenvalue weighted by Gasteiger charge is -2.26. The fraction of sp³-hybridized carbons (Fsp3) is 0.312. The number of esters is 1. The van der Waals surface area contributed by atoms with E-state index in [1.54, 1.807) is 62.9 Å². The van der Waals surface area contributed by atoms with Crippen LogP contribution in [0.25, 0.3) is 22.0 Å². The molecule has 1 aromatic carbocycles. The van der Waals surface area contributed by atoms with Crippen molar-refractivity contribution in [3.8, 4) is 23.0 Å². The number of carbonyl (C=O) groups is 2. The number of fused-ring (bicyclic) bond motifs is 2. The molecule has 12 heteroatoms. The molecule has 4 aromatic rings. The number of H-pyrrole nitrogens is 1. The number of aromatic nitrogens is 3. The van der Waals surface area contributed by atoms with E-state index < -0.39 is 23.5 Å².